The fourth-order valence-corrected chi connectivity index (χ4v) is 2.40. The molecule has 3 heteroatoms. The van der Waals surface area contributed by atoms with Crippen LogP contribution in [-0.2, 0) is 6.42 Å². The van der Waals surface area contributed by atoms with E-state index < -0.39 is 0 Å². The Balaban J connectivity index is 2.08. The SMILES string of the molecule is CCC1NCCc2cc3c(cc21)OCO3. The molecule has 1 aromatic rings. The number of hydrogen-bond donors (Lipinski definition) is 1. The van der Waals surface area contributed by atoms with Gasteiger partial charge in [-0.05, 0) is 42.6 Å². The molecule has 0 aliphatic carbocycles. The lowest BCUT2D eigenvalue weighted by Gasteiger charge is -2.26. The molecule has 3 rings (SSSR count). The quantitative estimate of drug-likeness (QED) is 0.760. The number of hydrogen-bond acceptors (Lipinski definition) is 3. The van der Waals surface area contributed by atoms with Crippen LogP contribution in [0.15, 0.2) is 12.1 Å². The summed E-state index contributed by atoms with van der Waals surface area (Å²) in [5.74, 6) is 1.81. The van der Waals surface area contributed by atoms with Gasteiger partial charge in [0.25, 0.3) is 0 Å². The number of fused-ring (bicyclic) bond motifs is 2. The molecule has 0 aromatic heterocycles. The molecule has 80 valence electrons. The van der Waals surface area contributed by atoms with Gasteiger partial charge in [0.1, 0.15) is 0 Å². The Labute approximate surface area is 89.4 Å². The first-order chi connectivity index (χ1) is 7.38. The molecule has 1 unspecified atom stereocenters. The van der Waals surface area contributed by atoms with Crippen molar-refractivity contribution in [3.63, 3.8) is 0 Å². The summed E-state index contributed by atoms with van der Waals surface area (Å²) in [5, 5.41) is 3.52. The first kappa shape index (κ1) is 9.04. The molecule has 2 aliphatic heterocycles. The Kier molecular flexibility index (Phi) is 2.06. The predicted molar refractivity (Wildman–Crippen MR) is 57.3 cm³/mol. The van der Waals surface area contributed by atoms with E-state index in [0.29, 0.717) is 12.8 Å². The van der Waals surface area contributed by atoms with E-state index in [4.69, 9.17) is 9.47 Å². The molecule has 3 nitrogen and oxygen atoms in total. The highest BCUT2D eigenvalue weighted by atomic mass is 16.7. The van der Waals surface area contributed by atoms with Gasteiger partial charge in [-0.1, -0.05) is 6.92 Å². The number of rotatable bonds is 1. The molecule has 0 spiro atoms. The maximum atomic E-state index is 5.41. The maximum absolute atomic E-state index is 5.41. The molecule has 0 bridgehead atoms. The van der Waals surface area contributed by atoms with E-state index in [1.165, 1.54) is 11.1 Å². The second-order valence-electron chi connectivity index (χ2n) is 4.07. The van der Waals surface area contributed by atoms with Crippen LogP contribution in [0.3, 0.4) is 0 Å². The minimum absolute atomic E-state index is 0.364. The van der Waals surface area contributed by atoms with Crippen LogP contribution in [-0.4, -0.2) is 13.3 Å². The lowest BCUT2D eigenvalue weighted by Crippen LogP contribution is -2.29. The van der Waals surface area contributed by atoms with Crippen molar-refractivity contribution in [2.45, 2.75) is 25.8 Å². The van der Waals surface area contributed by atoms with Crippen molar-refractivity contribution in [3.8, 4) is 11.5 Å². The summed E-state index contributed by atoms with van der Waals surface area (Å²) in [4.78, 5) is 0. The summed E-state index contributed by atoms with van der Waals surface area (Å²) in [6.45, 7) is 3.63. The Hall–Kier alpha value is -1.22. The average molecular weight is 205 g/mol. The molecule has 0 radical (unpaired) electrons. The summed E-state index contributed by atoms with van der Waals surface area (Å²) in [6, 6.07) is 4.75. The Morgan fingerprint density at radius 1 is 1.33 bits per heavy atom. The Morgan fingerprint density at radius 3 is 2.93 bits per heavy atom. The fourth-order valence-electron chi connectivity index (χ4n) is 2.40. The van der Waals surface area contributed by atoms with Crippen LogP contribution in [0.25, 0.3) is 0 Å². The first-order valence-corrected chi connectivity index (χ1v) is 5.54. The minimum atomic E-state index is 0.364. The summed E-state index contributed by atoms with van der Waals surface area (Å²) < 4.78 is 10.8. The average Bonchev–Trinajstić information content (AvgIpc) is 2.72. The summed E-state index contributed by atoms with van der Waals surface area (Å²) in [5.41, 5.74) is 2.79. The van der Waals surface area contributed by atoms with Gasteiger partial charge in [-0.2, -0.15) is 0 Å². The molecule has 2 aliphatic rings. The molecule has 0 amide bonds. The van der Waals surface area contributed by atoms with E-state index in [9.17, 15) is 0 Å². The van der Waals surface area contributed by atoms with Gasteiger partial charge in [0.05, 0.1) is 0 Å². The van der Waals surface area contributed by atoms with Crippen LogP contribution in [0, 0.1) is 0 Å². The van der Waals surface area contributed by atoms with Crippen LogP contribution in [0.1, 0.15) is 30.5 Å². The summed E-state index contributed by atoms with van der Waals surface area (Å²) in [6.07, 6.45) is 2.20. The zero-order chi connectivity index (χ0) is 10.3. The zero-order valence-corrected chi connectivity index (χ0v) is 8.88. The van der Waals surface area contributed by atoms with Crippen molar-refractivity contribution in [1.29, 1.82) is 0 Å². The maximum Gasteiger partial charge on any atom is 0.231 e. The molecule has 1 N–H and O–H groups in total. The normalized spacial score (nSPS) is 22.6. The second-order valence-corrected chi connectivity index (χ2v) is 4.07. The van der Waals surface area contributed by atoms with Crippen molar-refractivity contribution in [3.05, 3.63) is 23.3 Å². The largest absolute Gasteiger partial charge is 0.454 e. The van der Waals surface area contributed by atoms with E-state index in [-0.39, 0.29) is 0 Å². The van der Waals surface area contributed by atoms with E-state index in [1.807, 2.05) is 0 Å². The predicted octanol–water partition coefficient (Wildman–Crippen LogP) is 2.01. The van der Waals surface area contributed by atoms with E-state index >= 15 is 0 Å². The lowest BCUT2D eigenvalue weighted by molar-refractivity contribution is 0.174. The third kappa shape index (κ3) is 1.38. The van der Waals surface area contributed by atoms with Gasteiger partial charge in [-0.15, -0.1) is 0 Å². The third-order valence-corrected chi connectivity index (χ3v) is 3.20. The van der Waals surface area contributed by atoms with Crippen molar-refractivity contribution < 1.29 is 9.47 Å². The highest BCUT2D eigenvalue weighted by Gasteiger charge is 2.23. The van der Waals surface area contributed by atoms with Gasteiger partial charge >= 0.3 is 0 Å². The molecule has 0 saturated heterocycles. The van der Waals surface area contributed by atoms with Gasteiger partial charge in [0.2, 0.25) is 6.79 Å². The lowest BCUT2D eigenvalue weighted by atomic mass is 9.92. The van der Waals surface area contributed by atoms with Crippen molar-refractivity contribution >= 4 is 0 Å². The standard InChI is InChI=1S/C12H15NO2/c1-2-10-9-6-12-11(14-7-15-12)5-8(9)3-4-13-10/h5-6,10,13H,2-4,7H2,1H3. The van der Waals surface area contributed by atoms with Crippen LogP contribution in [0.2, 0.25) is 0 Å². The molecule has 0 saturated carbocycles. The van der Waals surface area contributed by atoms with Crippen LogP contribution >= 0.6 is 0 Å². The van der Waals surface area contributed by atoms with E-state index in [1.54, 1.807) is 0 Å². The molecule has 15 heavy (non-hydrogen) atoms. The second kappa shape index (κ2) is 3.42. The van der Waals surface area contributed by atoms with Crippen LogP contribution in [0.4, 0.5) is 0 Å². The summed E-state index contributed by atoms with van der Waals surface area (Å²) >= 11 is 0. The highest BCUT2D eigenvalue weighted by molar-refractivity contribution is 5.50. The molecular formula is C12H15NO2. The van der Waals surface area contributed by atoms with Gasteiger partial charge < -0.3 is 14.8 Å². The molecule has 1 aromatic carbocycles. The van der Waals surface area contributed by atoms with Gasteiger partial charge in [-0.25, -0.2) is 0 Å². The van der Waals surface area contributed by atoms with Crippen molar-refractivity contribution in [1.82, 2.24) is 5.32 Å². The highest BCUT2D eigenvalue weighted by Crippen LogP contribution is 2.38. The number of benzene rings is 1. The van der Waals surface area contributed by atoms with Crippen molar-refractivity contribution in [2.75, 3.05) is 13.3 Å². The Bertz CT molecular complexity index is 389. The van der Waals surface area contributed by atoms with Crippen LogP contribution < -0.4 is 14.8 Å². The minimum Gasteiger partial charge on any atom is -0.454 e. The zero-order valence-electron chi connectivity index (χ0n) is 8.88. The first-order valence-electron chi connectivity index (χ1n) is 5.54. The van der Waals surface area contributed by atoms with E-state index in [2.05, 4.69) is 24.4 Å². The number of nitrogens with one attached hydrogen (secondary N) is 1. The topological polar surface area (TPSA) is 30.5 Å². The van der Waals surface area contributed by atoms with Gasteiger partial charge in [-0.3, -0.25) is 0 Å². The van der Waals surface area contributed by atoms with Gasteiger partial charge in [0, 0.05) is 6.04 Å². The smallest absolute Gasteiger partial charge is 0.231 e. The number of ether oxygens (including phenoxy) is 2. The summed E-state index contributed by atoms with van der Waals surface area (Å²) in [7, 11) is 0. The molecule has 2 heterocycles. The Morgan fingerprint density at radius 2 is 2.13 bits per heavy atom. The molecule has 1 atom stereocenters. The molecule has 0 fully saturated rings. The third-order valence-electron chi connectivity index (χ3n) is 3.20. The van der Waals surface area contributed by atoms with Gasteiger partial charge in [0.15, 0.2) is 11.5 Å². The molecular weight excluding hydrogens is 190 g/mol. The van der Waals surface area contributed by atoms with Crippen molar-refractivity contribution in [2.24, 2.45) is 0 Å². The fraction of sp³-hybridized carbons (Fsp3) is 0.500. The monoisotopic (exact) mass is 205 g/mol. The van der Waals surface area contributed by atoms with Crippen LogP contribution in [0.5, 0.6) is 11.5 Å². The van der Waals surface area contributed by atoms with E-state index in [0.717, 1.165) is 30.9 Å².